The van der Waals surface area contributed by atoms with Crippen LogP contribution in [0.1, 0.15) is 55.3 Å². The molecule has 0 N–H and O–H groups in total. The van der Waals surface area contributed by atoms with Crippen LogP contribution in [0.15, 0.2) is 36.4 Å². The van der Waals surface area contributed by atoms with Gasteiger partial charge in [-0.15, -0.1) is 10.2 Å². The lowest BCUT2D eigenvalue weighted by molar-refractivity contribution is -0.144. The minimum absolute atomic E-state index is 0.0596. The van der Waals surface area contributed by atoms with Gasteiger partial charge >= 0.3 is 5.97 Å². The van der Waals surface area contributed by atoms with Gasteiger partial charge in [0.1, 0.15) is 5.02 Å². The van der Waals surface area contributed by atoms with Crippen molar-refractivity contribution in [3.63, 3.8) is 0 Å². The first-order valence-corrected chi connectivity index (χ1v) is 12.9. The van der Waals surface area contributed by atoms with E-state index in [0.29, 0.717) is 47.1 Å². The van der Waals surface area contributed by atoms with Gasteiger partial charge in [-0.05, 0) is 66.6 Å². The Bertz CT molecular complexity index is 1240. The Balaban J connectivity index is 1.52. The number of halogens is 2. The van der Waals surface area contributed by atoms with Crippen LogP contribution in [0.2, 0.25) is 10.0 Å². The molecule has 2 aromatic heterocycles. The lowest BCUT2D eigenvalue weighted by Gasteiger charge is -2.14. The third kappa shape index (κ3) is 6.62. The summed E-state index contributed by atoms with van der Waals surface area (Å²) >= 11 is 12.9. The van der Waals surface area contributed by atoms with Crippen molar-refractivity contribution in [2.24, 2.45) is 5.92 Å². The van der Waals surface area contributed by atoms with Crippen molar-refractivity contribution in [1.82, 2.24) is 25.2 Å². The smallest absolute Gasteiger partial charge is 0.329 e. The second kappa shape index (κ2) is 12.3. The summed E-state index contributed by atoms with van der Waals surface area (Å²) in [6.07, 6.45) is 8.31. The molecule has 1 saturated carbocycles. The topological polar surface area (TPSA) is 92.0 Å². The number of allylic oxidation sites excluding steroid dienone is 1. The van der Waals surface area contributed by atoms with Gasteiger partial charge in [0.15, 0.2) is 12.4 Å². The van der Waals surface area contributed by atoms with Gasteiger partial charge in [0, 0.05) is 17.0 Å². The van der Waals surface area contributed by atoms with Crippen molar-refractivity contribution >= 4 is 34.7 Å². The number of benzene rings is 1. The summed E-state index contributed by atoms with van der Waals surface area (Å²) in [4.78, 5) is 17.5. The van der Waals surface area contributed by atoms with Crippen LogP contribution < -0.4 is 4.74 Å². The van der Waals surface area contributed by atoms with E-state index in [4.69, 9.17) is 32.7 Å². The molecule has 1 fully saturated rings. The van der Waals surface area contributed by atoms with Crippen molar-refractivity contribution in [1.29, 1.82) is 0 Å². The number of nitrogens with zero attached hydrogens (tertiary/aromatic N) is 5. The van der Waals surface area contributed by atoms with Gasteiger partial charge in [0.2, 0.25) is 5.88 Å². The van der Waals surface area contributed by atoms with Crippen LogP contribution in [-0.2, 0) is 28.9 Å². The Morgan fingerprint density at radius 1 is 1.14 bits per heavy atom. The summed E-state index contributed by atoms with van der Waals surface area (Å²) in [7, 11) is 1.56. The SMILES string of the molecule is CCOC(=O)Cn1nnc(CCc2ccc(/C(=C\C3CCCC3)c3ccc(Cl)c(OC)n3)cc2Cl)n1. The fraction of sp³-hybridized carbons (Fsp3) is 0.423. The van der Waals surface area contributed by atoms with Gasteiger partial charge in [0.05, 0.1) is 19.4 Å². The van der Waals surface area contributed by atoms with E-state index in [1.165, 1.54) is 30.5 Å². The highest BCUT2D eigenvalue weighted by atomic mass is 35.5. The minimum atomic E-state index is -0.394. The maximum Gasteiger partial charge on any atom is 0.329 e. The molecule has 3 aromatic rings. The average molecular weight is 530 g/mol. The fourth-order valence-corrected chi connectivity index (χ4v) is 4.79. The molecule has 36 heavy (non-hydrogen) atoms. The van der Waals surface area contributed by atoms with Gasteiger partial charge in [-0.1, -0.05) is 54.3 Å². The summed E-state index contributed by atoms with van der Waals surface area (Å²) in [5, 5.41) is 13.3. The van der Waals surface area contributed by atoms with Crippen LogP contribution >= 0.6 is 23.2 Å². The number of ether oxygens (including phenoxy) is 2. The molecule has 0 radical (unpaired) electrons. The van der Waals surface area contributed by atoms with Gasteiger partial charge < -0.3 is 9.47 Å². The lowest BCUT2D eigenvalue weighted by atomic mass is 9.94. The monoisotopic (exact) mass is 529 g/mol. The van der Waals surface area contributed by atoms with Crippen molar-refractivity contribution < 1.29 is 14.3 Å². The molecule has 1 aliphatic carbocycles. The van der Waals surface area contributed by atoms with Gasteiger partial charge in [-0.3, -0.25) is 0 Å². The number of methoxy groups -OCH3 is 1. The number of carbonyl (C=O) groups is 1. The quantitative estimate of drug-likeness (QED) is 0.326. The van der Waals surface area contributed by atoms with Gasteiger partial charge in [-0.2, -0.15) is 4.80 Å². The van der Waals surface area contributed by atoms with E-state index in [1.54, 1.807) is 14.0 Å². The second-order valence-corrected chi connectivity index (χ2v) is 9.47. The lowest BCUT2D eigenvalue weighted by Crippen LogP contribution is -2.15. The summed E-state index contributed by atoms with van der Waals surface area (Å²) in [5.41, 5.74) is 3.79. The van der Waals surface area contributed by atoms with E-state index in [1.807, 2.05) is 24.3 Å². The number of hydrogen-bond acceptors (Lipinski definition) is 7. The van der Waals surface area contributed by atoms with E-state index < -0.39 is 5.97 Å². The van der Waals surface area contributed by atoms with Gasteiger partial charge in [0.25, 0.3) is 0 Å². The van der Waals surface area contributed by atoms with E-state index in [-0.39, 0.29) is 6.54 Å². The molecule has 0 unspecified atom stereocenters. The summed E-state index contributed by atoms with van der Waals surface area (Å²) in [6, 6.07) is 9.79. The Morgan fingerprint density at radius 2 is 1.94 bits per heavy atom. The maximum absolute atomic E-state index is 11.6. The maximum atomic E-state index is 11.6. The van der Waals surface area contributed by atoms with Crippen molar-refractivity contribution in [2.45, 2.75) is 52.0 Å². The van der Waals surface area contributed by atoms with Crippen molar-refractivity contribution in [2.75, 3.05) is 13.7 Å². The molecule has 190 valence electrons. The average Bonchev–Trinajstić information content (AvgIpc) is 3.54. The van der Waals surface area contributed by atoms with Crippen LogP contribution in [0.5, 0.6) is 5.88 Å². The number of aromatic nitrogens is 5. The predicted octanol–water partition coefficient (Wildman–Crippen LogP) is 5.35. The van der Waals surface area contributed by atoms with Crippen molar-refractivity contribution in [3.05, 3.63) is 69.1 Å². The van der Waals surface area contributed by atoms with E-state index >= 15 is 0 Å². The Labute approximate surface area is 220 Å². The van der Waals surface area contributed by atoms with E-state index in [9.17, 15) is 4.79 Å². The van der Waals surface area contributed by atoms with E-state index in [2.05, 4.69) is 32.5 Å². The number of rotatable bonds is 10. The third-order valence-corrected chi connectivity index (χ3v) is 6.78. The molecule has 10 heteroatoms. The molecule has 8 nitrogen and oxygen atoms in total. The van der Waals surface area contributed by atoms with Crippen LogP contribution in [0.4, 0.5) is 0 Å². The molecule has 1 aliphatic rings. The summed E-state index contributed by atoms with van der Waals surface area (Å²) < 4.78 is 10.3. The molecule has 0 aliphatic heterocycles. The van der Waals surface area contributed by atoms with Gasteiger partial charge in [-0.25, -0.2) is 9.78 Å². The fourth-order valence-electron chi connectivity index (χ4n) is 4.34. The molecule has 4 rings (SSSR count). The highest BCUT2D eigenvalue weighted by molar-refractivity contribution is 6.32. The van der Waals surface area contributed by atoms with Crippen LogP contribution in [0.25, 0.3) is 5.57 Å². The normalized spacial score (nSPS) is 14.3. The standard InChI is InChI=1S/C26H29Cl2N5O3/c1-3-36-25(34)16-33-31-24(30-32-33)13-10-18-8-9-19(15-22(18)28)20(14-17-6-4-5-7-17)23-12-11-21(27)26(29-23)35-2/h8-9,11-12,14-15,17H,3-7,10,13,16H2,1-2H3/b20-14+. The first kappa shape index (κ1) is 26.1. The third-order valence-electron chi connectivity index (χ3n) is 6.14. The van der Waals surface area contributed by atoms with Crippen LogP contribution in [0.3, 0.4) is 0 Å². The zero-order valence-electron chi connectivity index (χ0n) is 20.4. The predicted molar refractivity (Wildman–Crippen MR) is 138 cm³/mol. The largest absolute Gasteiger partial charge is 0.480 e. The Hall–Kier alpha value is -2.97. The second-order valence-electron chi connectivity index (χ2n) is 8.66. The number of carbonyl (C=O) groups excluding carboxylic acids is 1. The number of hydrogen-bond donors (Lipinski definition) is 0. The number of aryl methyl sites for hydroxylation is 2. The number of esters is 1. The number of pyridine rings is 1. The molecule has 0 amide bonds. The molecular weight excluding hydrogens is 501 g/mol. The first-order valence-electron chi connectivity index (χ1n) is 12.1. The molecule has 0 saturated heterocycles. The molecule has 0 atom stereocenters. The minimum Gasteiger partial charge on any atom is -0.480 e. The number of tetrazole rings is 1. The summed E-state index contributed by atoms with van der Waals surface area (Å²) in [5.74, 6) is 1.05. The van der Waals surface area contributed by atoms with Crippen molar-refractivity contribution in [3.8, 4) is 5.88 Å². The molecule has 0 spiro atoms. The molecule has 0 bridgehead atoms. The highest BCUT2D eigenvalue weighted by Crippen LogP contribution is 2.34. The van der Waals surface area contributed by atoms with Crippen LogP contribution in [-0.4, -0.2) is 44.9 Å². The first-order chi connectivity index (χ1) is 17.5. The zero-order chi connectivity index (χ0) is 25.5. The Morgan fingerprint density at radius 3 is 2.67 bits per heavy atom. The molecule has 1 aromatic carbocycles. The highest BCUT2D eigenvalue weighted by Gasteiger charge is 2.18. The van der Waals surface area contributed by atoms with Crippen LogP contribution in [0, 0.1) is 5.92 Å². The Kier molecular flexibility index (Phi) is 8.93. The summed E-state index contributed by atoms with van der Waals surface area (Å²) in [6.45, 7) is 2.01. The molecular formula is C26H29Cl2N5O3. The molecule has 2 heterocycles. The van der Waals surface area contributed by atoms with E-state index in [0.717, 1.165) is 22.4 Å². The zero-order valence-corrected chi connectivity index (χ0v) is 21.9.